The Morgan fingerprint density at radius 1 is 1.35 bits per heavy atom. The third kappa shape index (κ3) is 2.69. The molecule has 4 heteroatoms. The molecule has 1 aromatic carbocycles. The first-order valence-corrected chi connectivity index (χ1v) is 7.17. The van der Waals surface area contributed by atoms with E-state index in [1.165, 1.54) is 0 Å². The Morgan fingerprint density at radius 3 is 2.60 bits per heavy atom. The van der Waals surface area contributed by atoms with Gasteiger partial charge in [-0.2, -0.15) is 0 Å². The number of nitrogens with zero attached hydrogens (tertiary/aromatic N) is 2. The number of carbonyl (C=O) groups is 1. The van der Waals surface area contributed by atoms with Crippen LogP contribution in [0.3, 0.4) is 0 Å². The average molecular weight is 274 g/mol. The third-order valence-electron chi connectivity index (χ3n) is 3.63. The van der Waals surface area contributed by atoms with Crippen molar-refractivity contribution in [3.8, 4) is 0 Å². The van der Waals surface area contributed by atoms with Gasteiger partial charge in [-0.1, -0.05) is 27.7 Å². The number of rotatable bonds is 5. The van der Waals surface area contributed by atoms with E-state index in [-0.39, 0.29) is 0 Å². The normalized spacial score (nSPS) is 13.1. The van der Waals surface area contributed by atoms with Crippen molar-refractivity contribution in [2.45, 2.75) is 46.6 Å². The van der Waals surface area contributed by atoms with Crippen molar-refractivity contribution in [1.82, 2.24) is 9.55 Å². The van der Waals surface area contributed by atoms with Crippen LogP contribution in [0.1, 0.15) is 56.2 Å². The second-order valence-electron chi connectivity index (χ2n) is 5.79. The highest BCUT2D eigenvalue weighted by Crippen LogP contribution is 2.26. The average Bonchev–Trinajstić information content (AvgIpc) is 2.75. The van der Waals surface area contributed by atoms with Crippen LogP contribution in [0.15, 0.2) is 18.2 Å². The molecule has 1 atom stereocenters. The fourth-order valence-corrected chi connectivity index (χ4v) is 2.40. The summed E-state index contributed by atoms with van der Waals surface area (Å²) in [5, 5.41) is 9.09. The molecule has 0 fully saturated rings. The number of imidazole rings is 1. The zero-order valence-electron chi connectivity index (χ0n) is 12.6. The van der Waals surface area contributed by atoms with Crippen molar-refractivity contribution in [3.05, 3.63) is 29.6 Å². The molecule has 0 saturated heterocycles. The van der Waals surface area contributed by atoms with Gasteiger partial charge in [0, 0.05) is 12.5 Å². The minimum Gasteiger partial charge on any atom is -0.478 e. The van der Waals surface area contributed by atoms with Crippen LogP contribution in [0.4, 0.5) is 0 Å². The Hall–Kier alpha value is -1.84. The smallest absolute Gasteiger partial charge is 0.335 e. The zero-order chi connectivity index (χ0) is 14.9. The van der Waals surface area contributed by atoms with Crippen LogP contribution in [0.5, 0.6) is 0 Å². The van der Waals surface area contributed by atoms with Gasteiger partial charge in [0.15, 0.2) is 0 Å². The highest BCUT2D eigenvalue weighted by Gasteiger charge is 2.17. The summed E-state index contributed by atoms with van der Waals surface area (Å²) in [4.78, 5) is 15.7. The highest BCUT2D eigenvalue weighted by molar-refractivity contribution is 5.92. The molecule has 1 aromatic heterocycles. The van der Waals surface area contributed by atoms with E-state index in [1.807, 2.05) is 6.07 Å². The maximum atomic E-state index is 11.1. The summed E-state index contributed by atoms with van der Waals surface area (Å²) in [6.07, 6.45) is 1.02. The van der Waals surface area contributed by atoms with Crippen molar-refractivity contribution in [1.29, 1.82) is 0 Å². The molecule has 108 valence electrons. The number of hydrogen-bond donors (Lipinski definition) is 1. The van der Waals surface area contributed by atoms with Gasteiger partial charge in [-0.15, -0.1) is 0 Å². The molecule has 4 nitrogen and oxygen atoms in total. The van der Waals surface area contributed by atoms with Gasteiger partial charge in [0.2, 0.25) is 0 Å². The maximum absolute atomic E-state index is 11.1. The van der Waals surface area contributed by atoms with Crippen LogP contribution in [0.2, 0.25) is 0 Å². The zero-order valence-corrected chi connectivity index (χ0v) is 12.6. The van der Waals surface area contributed by atoms with Crippen LogP contribution in [-0.2, 0) is 6.54 Å². The second-order valence-corrected chi connectivity index (χ2v) is 5.79. The van der Waals surface area contributed by atoms with Gasteiger partial charge in [0.1, 0.15) is 5.82 Å². The molecule has 20 heavy (non-hydrogen) atoms. The van der Waals surface area contributed by atoms with Crippen molar-refractivity contribution in [2.75, 3.05) is 0 Å². The third-order valence-corrected chi connectivity index (χ3v) is 3.63. The van der Waals surface area contributed by atoms with E-state index in [4.69, 9.17) is 5.11 Å². The minimum absolute atomic E-state index is 0.294. The Bertz CT molecular complexity index is 629. The lowest BCUT2D eigenvalue weighted by atomic mass is 10.1. The fourth-order valence-electron chi connectivity index (χ4n) is 2.40. The molecule has 0 aliphatic carbocycles. The molecule has 0 spiro atoms. The number of carboxylic acid groups (broad SMARTS) is 1. The lowest BCUT2D eigenvalue weighted by Crippen LogP contribution is -2.10. The summed E-state index contributed by atoms with van der Waals surface area (Å²) in [7, 11) is 0. The summed E-state index contributed by atoms with van der Waals surface area (Å²) in [5.74, 6) is 1.04. The molecular formula is C16H22N2O2. The first-order chi connectivity index (χ1) is 9.43. The number of fused-ring (bicyclic) bond motifs is 1. The maximum Gasteiger partial charge on any atom is 0.335 e. The van der Waals surface area contributed by atoms with Gasteiger partial charge in [0.25, 0.3) is 0 Å². The number of hydrogen-bond acceptors (Lipinski definition) is 2. The van der Waals surface area contributed by atoms with Gasteiger partial charge in [-0.05, 0) is 30.5 Å². The van der Waals surface area contributed by atoms with E-state index < -0.39 is 5.97 Å². The molecule has 1 heterocycles. The van der Waals surface area contributed by atoms with E-state index in [0.717, 1.165) is 29.8 Å². The van der Waals surface area contributed by atoms with E-state index in [9.17, 15) is 4.79 Å². The van der Waals surface area contributed by atoms with Crippen LogP contribution >= 0.6 is 0 Å². The van der Waals surface area contributed by atoms with Gasteiger partial charge < -0.3 is 9.67 Å². The van der Waals surface area contributed by atoms with E-state index in [0.29, 0.717) is 17.4 Å². The van der Waals surface area contributed by atoms with Gasteiger partial charge in [-0.25, -0.2) is 9.78 Å². The Balaban J connectivity index is 2.61. The molecule has 0 aliphatic heterocycles. The summed E-state index contributed by atoms with van der Waals surface area (Å²) in [6, 6.07) is 5.20. The summed E-state index contributed by atoms with van der Waals surface area (Å²) in [5.41, 5.74) is 2.10. The number of aromatic carboxylic acids is 1. The van der Waals surface area contributed by atoms with Crippen LogP contribution < -0.4 is 0 Å². The lowest BCUT2D eigenvalue weighted by Gasteiger charge is -2.15. The molecule has 0 saturated carbocycles. The molecule has 2 rings (SSSR count). The Morgan fingerprint density at radius 2 is 2.05 bits per heavy atom. The predicted octanol–water partition coefficient (Wildman–Crippen LogP) is 3.90. The standard InChI is InChI=1S/C16H22N2O2/c1-5-11(4)15-17-13-8-12(16(19)20)6-7-14(13)18(15)9-10(2)3/h6-8,10-11H,5,9H2,1-4H3,(H,19,20). The molecule has 0 amide bonds. The first kappa shape index (κ1) is 14.6. The van der Waals surface area contributed by atoms with E-state index in [1.54, 1.807) is 12.1 Å². The minimum atomic E-state index is -0.907. The van der Waals surface area contributed by atoms with Gasteiger partial charge >= 0.3 is 5.97 Å². The van der Waals surface area contributed by atoms with E-state index in [2.05, 4.69) is 37.2 Å². The van der Waals surface area contributed by atoms with Crippen molar-refractivity contribution < 1.29 is 9.90 Å². The Kier molecular flexibility index (Phi) is 4.12. The quantitative estimate of drug-likeness (QED) is 0.899. The molecule has 1 unspecified atom stereocenters. The van der Waals surface area contributed by atoms with Crippen molar-refractivity contribution in [3.63, 3.8) is 0 Å². The molecule has 2 aromatic rings. The van der Waals surface area contributed by atoms with Gasteiger partial charge in [-0.3, -0.25) is 0 Å². The number of aromatic nitrogens is 2. The van der Waals surface area contributed by atoms with Gasteiger partial charge in [0.05, 0.1) is 16.6 Å². The lowest BCUT2D eigenvalue weighted by molar-refractivity contribution is 0.0697. The summed E-state index contributed by atoms with van der Waals surface area (Å²) in [6.45, 7) is 9.57. The monoisotopic (exact) mass is 274 g/mol. The first-order valence-electron chi connectivity index (χ1n) is 7.17. The fraction of sp³-hybridized carbons (Fsp3) is 0.500. The van der Waals surface area contributed by atoms with Crippen LogP contribution in [0, 0.1) is 5.92 Å². The second kappa shape index (κ2) is 5.65. The summed E-state index contributed by atoms with van der Waals surface area (Å²) >= 11 is 0. The highest BCUT2D eigenvalue weighted by atomic mass is 16.4. The molecule has 1 N–H and O–H groups in total. The molecule has 0 bridgehead atoms. The SMILES string of the molecule is CCC(C)c1nc2cc(C(=O)O)ccc2n1CC(C)C. The van der Waals surface area contributed by atoms with Crippen molar-refractivity contribution in [2.24, 2.45) is 5.92 Å². The predicted molar refractivity (Wildman–Crippen MR) is 80.2 cm³/mol. The summed E-state index contributed by atoms with van der Waals surface area (Å²) < 4.78 is 2.24. The molecular weight excluding hydrogens is 252 g/mol. The Labute approximate surface area is 119 Å². The molecule has 0 radical (unpaired) electrons. The topological polar surface area (TPSA) is 55.1 Å². The number of benzene rings is 1. The van der Waals surface area contributed by atoms with E-state index >= 15 is 0 Å². The van der Waals surface area contributed by atoms with Crippen LogP contribution in [0.25, 0.3) is 11.0 Å². The molecule has 0 aliphatic rings. The number of carboxylic acids is 1. The van der Waals surface area contributed by atoms with Crippen molar-refractivity contribution >= 4 is 17.0 Å². The van der Waals surface area contributed by atoms with Crippen LogP contribution in [-0.4, -0.2) is 20.6 Å². The largest absolute Gasteiger partial charge is 0.478 e.